The SMILES string of the molecule is CCN(Cl)C(=O)N1CCOCC1. The monoisotopic (exact) mass is 192 g/mol. The summed E-state index contributed by atoms with van der Waals surface area (Å²) in [6, 6.07) is -0.123. The number of amides is 2. The molecule has 1 rings (SSSR count). The number of halogens is 1. The average molecular weight is 193 g/mol. The van der Waals surface area contributed by atoms with Crippen LogP contribution in [0.25, 0.3) is 0 Å². The van der Waals surface area contributed by atoms with Crippen molar-refractivity contribution in [2.45, 2.75) is 6.92 Å². The summed E-state index contributed by atoms with van der Waals surface area (Å²) < 4.78 is 6.29. The Hall–Kier alpha value is -0.480. The number of hydrogen-bond acceptors (Lipinski definition) is 2. The first kappa shape index (κ1) is 9.61. The van der Waals surface area contributed by atoms with Gasteiger partial charge in [-0.25, -0.2) is 9.21 Å². The molecule has 0 saturated carbocycles. The maximum absolute atomic E-state index is 11.4. The third-order valence-corrected chi connectivity index (χ3v) is 2.15. The molecule has 0 atom stereocenters. The van der Waals surface area contributed by atoms with Crippen molar-refractivity contribution in [1.82, 2.24) is 9.32 Å². The fourth-order valence-electron chi connectivity index (χ4n) is 1.04. The second-order valence-corrected chi connectivity index (χ2v) is 2.97. The molecule has 0 aromatic rings. The summed E-state index contributed by atoms with van der Waals surface area (Å²) in [5.41, 5.74) is 0. The number of nitrogens with zero attached hydrogens (tertiary/aromatic N) is 2. The van der Waals surface area contributed by atoms with E-state index in [-0.39, 0.29) is 6.03 Å². The molecule has 1 saturated heterocycles. The summed E-state index contributed by atoms with van der Waals surface area (Å²) in [6.45, 7) is 4.87. The van der Waals surface area contributed by atoms with Gasteiger partial charge in [-0.1, -0.05) is 0 Å². The molecule has 0 aliphatic carbocycles. The van der Waals surface area contributed by atoms with Gasteiger partial charge in [0.05, 0.1) is 13.2 Å². The summed E-state index contributed by atoms with van der Waals surface area (Å²) in [4.78, 5) is 13.1. The quantitative estimate of drug-likeness (QED) is 0.579. The van der Waals surface area contributed by atoms with Crippen LogP contribution in [0.1, 0.15) is 6.92 Å². The summed E-state index contributed by atoms with van der Waals surface area (Å²) in [5, 5.41) is 0. The number of ether oxygens (including phenoxy) is 1. The van der Waals surface area contributed by atoms with E-state index in [2.05, 4.69) is 0 Å². The summed E-state index contributed by atoms with van der Waals surface area (Å²) >= 11 is 5.65. The molecule has 1 heterocycles. The fraction of sp³-hybridized carbons (Fsp3) is 0.857. The maximum atomic E-state index is 11.4. The van der Waals surface area contributed by atoms with Crippen molar-refractivity contribution in [3.05, 3.63) is 0 Å². The molecule has 1 aliphatic heterocycles. The molecule has 0 aromatic heterocycles. The lowest BCUT2D eigenvalue weighted by atomic mass is 10.4. The van der Waals surface area contributed by atoms with Crippen molar-refractivity contribution in [2.24, 2.45) is 0 Å². The van der Waals surface area contributed by atoms with E-state index in [1.165, 1.54) is 4.42 Å². The van der Waals surface area contributed by atoms with Crippen LogP contribution in [0.15, 0.2) is 0 Å². The van der Waals surface area contributed by atoms with Crippen LogP contribution >= 0.6 is 11.8 Å². The lowest BCUT2D eigenvalue weighted by Crippen LogP contribution is -2.45. The molecular weight excluding hydrogens is 180 g/mol. The molecule has 0 N–H and O–H groups in total. The summed E-state index contributed by atoms with van der Waals surface area (Å²) in [5.74, 6) is 0. The largest absolute Gasteiger partial charge is 0.378 e. The van der Waals surface area contributed by atoms with Gasteiger partial charge in [0.2, 0.25) is 0 Å². The minimum Gasteiger partial charge on any atom is -0.378 e. The lowest BCUT2D eigenvalue weighted by Gasteiger charge is -2.29. The van der Waals surface area contributed by atoms with Gasteiger partial charge in [0.15, 0.2) is 0 Å². The average Bonchev–Trinajstić information content (AvgIpc) is 2.17. The van der Waals surface area contributed by atoms with Crippen LogP contribution in [0.4, 0.5) is 4.79 Å². The summed E-state index contributed by atoms with van der Waals surface area (Å²) in [6.07, 6.45) is 0. The first-order valence-electron chi connectivity index (χ1n) is 4.05. The minimum absolute atomic E-state index is 0.123. The van der Waals surface area contributed by atoms with Gasteiger partial charge >= 0.3 is 6.03 Å². The molecule has 5 heteroatoms. The van der Waals surface area contributed by atoms with Gasteiger partial charge in [0.25, 0.3) is 0 Å². The maximum Gasteiger partial charge on any atom is 0.334 e. The Bertz CT molecular complexity index is 159. The van der Waals surface area contributed by atoms with Gasteiger partial charge in [0.1, 0.15) is 0 Å². The van der Waals surface area contributed by atoms with Crippen LogP contribution in [0.2, 0.25) is 0 Å². The van der Waals surface area contributed by atoms with Gasteiger partial charge in [-0.15, -0.1) is 0 Å². The molecule has 1 aliphatic rings. The molecule has 0 aromatic carbocycles. The Morgan fingerprint density at radius 2 is 2.17 bits per heavy atom. The number of morpholine rings is 1. The Kier molecular flexibility index (Phi) is 3.62. The summed E-state index contributed by atoms with van der Waals surface area (Å²) in [7, 11) is 0. The van der Waals surface area contributed by atoms with E-state index >= 15 is 0 Å². The first-order chi connectivity index (χ1) is 5.75. The zero-order chi connectivity index (χ0) is 8.97. The number of carbonyl (C=O) groups excluding carboxylic acids is 1. The van der Waals surface area contributed by atoms with Crippen LogP contribution in [-0.2, 0) is 4.74 Å². The third-order valence-electron chi connectivity index (χ3n) is 1.77. The molecule has 1 fully saturated rings. The van der Waals surface area contributed by atoms with Crippen molar-refractivity contribution >= 4 is 17.8 Å². The first-order valence-corrected chi connectivity index (χ1v) is 4.39. The highest BCUT2D eigenvalue weighted by molar-refractivity contribution is 6.20. The van der Waals surface area contributed by atoms with Crippen molar-refractivity contribution in [2.75, 3.05) is 32.8 Å². The number of hydrogen-bond donors (Lipinski definition) is 0. The normalized spacial score (nSPS) is 17.7. The van der Waals surface area contributed by atoms with Crippen LogP contribution in [0.5, 0.6) is 0 Å². The van der Waals surface area contributed by atoms with Crippen LogP contribution in [0.3, 0.4) is 0 Å². The molecule has 0 bridgehead atoms. The van der Waals surface area contributed by atoms with E-state index in [4.69, 9.17) is 16.5 Å². The Balaban J connectivity index is 2.39. The predicted octanol–water partition coefficient (Wildman–Crippen LogP) is 0.914. The molecule has 2 amide bonds. The van der Waals surface area contributed by atoms with Gasteiger partial charge in [-0.2, -0.15) is 0 Å². The van der Waals surface area contributed by atoms with E-state index in [0.717, 1.165) is 0 Å². The standard InChI is InChI=1S/C7H13ClN2O2/c1-2-10(8)7(11)9-3-5-12-6-4-9/h2-6H2,1H3. The van der Waals surface area contributed by atoms with Crippen molar-refractivity contribution in [3.8, 4) is 0 Å². The van der Waals surface area contributed by atoms with Crippen LogP contribution in [0, 0.1) is 0 Å². The third kappa shape index (κ3) is 2.25. The minimum atomic E-state index is -0.123. The number of urea groups is 1. The molecular formula is C7H13ClN2O2. The Morgan fingerprint density at radius 3 is 2.67 bits per heavy atom. The number of carbonyl (C=O) groups is 1. The molecule has 12 heavy (non-hydrogen) atoms. The molecule has 4 nitrogen and oxygen atoms in total. The van der Waals surface area contributed by atoms with Crippen molar-refractivity contribution in [1.29, 1.82) is 0 Å². The van der Waals surface area contributed by atoms with Gasteiger partial charge in [0, 0.05) is 31.4 Å². The molecule has 0 radical (unpaired) electrons. The predicted molar refractivity (Wildman–Crippen MR) is 46.0 cm³/mol. The van der Waals surface area contributed by atoms with Gasteiger partial charge in [-0.3, -0.25) is 0 Å². The second-order valence-electron chi connectivity index (χ2n) is 2.56. The van der Waals surface area contributed by atoms with E-state index < -0.39 is 0 Å². The second kappa shape index (κ2) is 4.52. The highest BCUT2D eigenvalue weighted by atomic mass is 35.5. The van der Waals surface area contributed by atoms with Crippen LogP contribution in [-0.4, -0.2) is 48.2 Å². The fourth-order valence-corrected chi connectivity index (χ4v) is 1.15. The van der Waals surface area contributed by atoms with E-state index in [1.807, 2.05) is 6.92 Å². The zero-order valence-electron chi connectivity index (χ0n) is 7.12. The Morgan fingerprint density at radius 1 is 1.58 bits per heavy atom. The van der Waals surface area contributed by atoms with E-state index in [0.29, 0.717) is 32.8 Å². The molecule has 0 spiro atoms. The highest BCUT2D eigenvalue weighted by Crippen LogP contribution is 2.04. The Labute approximate surface area is 77.1 Å². The van der Waals surface area contributed by atoms with Crippen LogP contribution < -0.4 is 0 Å². The van der Waals surface area contributed by atoms with E-state index in [1.54, 1.807) is 4.90 Å². The zero-order valence-corrected chi connectivity index (χ0v) is 7.88. The topological polar surface area (TPSA) is 32.8 Å². The highest BCUT2D eigenvalue weighted by Gasteiger charge is 2.20. The van der Waals surface area contributed by atoms with E-state index in [9.17, 15) is 4.79 Å². The van der Waals surface area contributed by atoms with Gasteiger partial charge < -0.3 is 9.64 Å². The molecule has 70 valence electrons. The van der Waals surface area contributed by atoms with Crippen molar-refractivity contribution < 1.29 is 9.53 Å². The molecule has 0 unspecified atom stereocenters. The van der Waals surface area contributed by atoms with Crippen molar-refractivity contribution in [3.63, 3.8) is 0 Å². The number of rotatable bonds is 1. The smallest absolute Gasteiger partial charge is 0.334 e. The lowest BCUT2D eigenvalue weighted by molar-refractivity contribution is 0.0490. The van der Waals surface area contributed by atoms with Gasteiger partial charge in [-0.05, 0) is 6.92 Å².